The number of rotatable bonds is 6. The van der Waals surface area contributed by atoms with Gasteiger partial charge in [-0.1, -0.05) is 17.7 Å². The molecule has 0 atom stereocenters. The van der Waals surface area contributed by atoms with Crippen LogP contribution in [0, 0.1) is 37.8 Å². The number of furan rings is 1. The van der Waals surface area contributed by atoms with Crippen LogP contribution in [0.25, 0.3) is 55.9 Å². The van der Waals surface area contributed by atoms with Crippen LogP contribution in [0.5, 0.6) is 0 Å². The summed E-state index contributed by atoms with van der Waals surface area (Å²) < 4.78 is 47.9. The third-order valence-corrected chi connectivity index (χ3v) is 17.2. The van der Waals surface area contributed by atoms with Crippen LogP contribution in [0.4, 0.5) is 4.39 Å². The number of para-hydroxylation sites is 2. The average molecular weight is 972 g/mol. The molecule has 0 saturated carbocycles. The molecule has 0 N–H and O–H groups in total. The molecular formula is C46H46FGeIrN5O-2. The van der Waals surface area contributed by atoms with E-state index < -0.39 is 25.9 Å². The molecule has 0 spiro atoms. The molecule has 9 heteroatoms. The van der Waals surface area contributed by atoms with E-state index in [1.54, 1.807) is 0 Å². The monoisotopic (exact) mass is 973 g/mol. The summed E-state index contributed by atoms with van der Waals surface area (Å²) in [5, 5.41) is 1.88. The molecule has 3 aromatic carbocycles. The fraction of sp³-hybridized carbons (Fsp3) is 0.261. The van der Waals surface area contributed by atoms with Gasteiger partial charge in [-0.05, 0) is 63.5 Å². The van der Waals surface area contributed by atoms with Gasteiger partial charge in [0.25, 0.3) is 0 Å². The normalized spacial score (nSPS) is 12.9. The van der Waals surface area contributed by atoms with Crippen molar-refractivity contribution in [2.24, 2.45) is 5.92 Å². The molecule has 0 aliphatic rings. The maximum absolute atomic E-state index is 14.8. The van der Waals surface area contributed by atoms with E-state index in [9.17, 15) is 4.39 Å². The summed E-state index contributed by atoms with van der Waals surface area (Å²) in [5.74, 6) is 5.40. The predicted octanol–water partition coefficient (Wildman–Crippen LogP) is 10.3. The molecule has 0 unspecified atom stereocenters. The van der Waals surface area contributed by atoms with E-state index in [0.29, 0.717) is 23.0 Å². The summed E-state index contributed by atoms with van der Waals surface area (Å²) in [5.41, 5.74) is 6.69. The van der Waals surface area contributed by atoms with Crippen molar-refractivity contribution in [2.75, 3.05) is 0 Å². The van der Waals surface area contributed by atoms with Gasteiger partial charge in [0.2, 0.25) is 5.71 Å². The Kier molecular flexibility index (Phi) is 10.5. The van der Waals surface area contributed by atoms with Crippen LogP contribution in [-0.4, -0.2) is 37.8 Å². The largest absolute Gasteiger partial charge is 0 e. The van der Waals surface area contributed by atoms with Crippen LogP contribution in [-0.2, 0) is 32.1 Å². The first kappa shape index (κ1) is 36.2. The van der Waals surface area contributed by atoms with Crippen LogP contribution >= 0.6 is 0 Å². The Balaban J connectivity index is 0.000000193. The number of hydrogen-bond donors (Lipinski definition) is 0. The predicted molar refractivity (Wildman–Crippen MR) is 222 cm³/mol. The summed E-state index contributed by atoms with van der Waals surface area (Å²) in [6, 6.07) is 32.0. The number of fused-ring (bicyclic) bond motifs is 4. The van der Waals surface area contributed by atoms with Gasteiger partial charge in [-0.15, -0.1) is 6.07 Å². The summed E-state index contributed by atoms with van der Waals surface area (Å²) >= 11 is -2.58. The summed E-state index contributed by atoms with van der Waals surface area (Å²) in [4.78, 5) is 18.4. The zero-order valence-corrected chi connectivity index (χ0v) is 36.9. The quantitative estimate of drug-likeness (QED) is 0.123. The maximum atomic E-state index is 14.8. The van der Waals surface area contributed by atoms with Gasteiger partial charge in [-0.25, -0.2) is 4.98 Å². The van der Waals surface area contributed by atoms with Crippen LogP contribution in [0.2, 0.25) is 11.5 Å². The summed E-state index contributed by atoms with van der Waals surface area (Å²) in [7, 11) is 0. The number of benzene rings is 3. The molecule has 8 rings (SSSR count). The number of hydrogen-bond acceptors (Lipinski definition) is 5. The van der Waals surface area contributed by atoms with E-state index >= 15 is 0 Å². The number of nitrogens with zero attached hydrogens (tertiary/aromatic N) is 5. The van der Waals surface area contributed by atoms with Gasteiger partial charge >= 0.3 is 169 Å². The Morgan fingerprint density at radius 3 is 2.38 bits per heavy atom. The Bertz CT molecular complexity index is 2740. The van der Waals surface area contributed by atoms with Crippen molar-refractivity contribution in [3.05, 3.63) is 132 Å². The Morgan fingerprint density at radius 2 is 1.67 bits per heavy atom. The topological polar surface area (TPSA) is 69.6 Å². The van der Waals surface area contributed by atoms with E-state index in [1.165, 1.54) is 20.4 Å². The fourth-order valence-corrected chi connectivity index (χ4v) is 12.7. The fourth-order valence-electron chi connectivity index (χ4n) is 7.07. The minimum absolute atomic E-state index is 0. The van der Waals surface area contributed by atoms with E-state index in [0.717, 1.165) is 51.4 Å². The standard InChI is InChI=1S/C24H27FGeN.C22H19N4O.Ir/c1-17(2)13-19-15-24(21-12-11-18(3)14-22(21)25)27-16-23(19)26(4,5)20-9-7-6-8-10-20;1-13-9-10-15-16-11-14(12-23-20(16)27-21(15)24-13)19-25-17-7-5-6-8-18(17)26(19)22(2,3)4;/h6-11,14-17H,13H2,1-5H3;5-11H,1-4H3;/q2*-1;/i3D3;;. The minimum atomic E-state index is -2.58. The van der Waals surface area contributed by atoms with Crippen molar-refractivity contribution in [1.82, 2.24) is 24.5 Å². The molecule has 0 saturated heterocycles. The first-order valence-electron chi connectivity index (χ1n) is 19.8. The van der Waals surface area contributed by atoms with Gasteiger partial charge in [-0.2, -0.15) is 0 Å². The molecule has 0 bridgehead atoms. The number of imidazole rings is 1. The van der Waals surface area contributed by atoms with Crippen molar-refractivity contribution < 1.29 is 33.0 Å². The van der Waals surface area contributed by atoms with Gasteiger partial charge in [-0.3, -0.25) is 4.98 Å². The molecule has 0 amide bonds. The van der Waals surface area contributed by atoms with E-state index in [1.807, 2.05) is 55.6 Å². The third kappa shape index (κ3) is 8.23. The smallest absolute Gasteiger partial charge is 0 e. The molecule has 0 aliphatic carbocycles. The molecule has 5 aromatic heterocycles. The van der Waals surface area contributed by atoms with Gasteiger partial charge in [0.15, 0.2) is 0 Å². The number of aryl methyl sites for hydroxylation is 2. The minimum Gasteiger partial charge on any atom is 0 e. The van der Waals surface area contributed by atoms with Gasteiger partial charge in [0, 0.05) is 36.7 Å². The number of aromatic nitrogens is 5. The second kappa shape index (κ2) is 15.9. The zero-order chi connectivity index (χ0) is 40.9. The first-order valence-corrected chi connectivity index (χ1v) is 24.5. The summed E-state index contributed by atoms with van der Waals surface area (Å²) in [6.07, 6.45) is 5.91. The molecule has 8 aromatic rings. The van der Waals surface area contributed by atoms with Crippen LogP contribution in [0.15, 0.2) is 102 Å². The van der Waals surface area contributed by atoms with Crippen molar-refractivity contribution in [3.63, 3.8) is 0 Å². The van der Waals surface area contributed by atoms with E-state index in [2.05, 4.69) is 114 Å². The number of halogens is 1. The van der Waals surface area contributed by atoms with Crippen LogP contribution < -0.4 is 8.79 Å². The second-order valence-electron chi connectivity index (χ2n) is 15.8. The molecular weight excluding hydrogens is 922 g/mol. The van der Waals surface area contributed by atoms with Gasteiger partial charge in [0.05, 0.1) is 16.9 Å². The van der Waals surface area contributed by atoms with Gasteiger partial charge < -0.3 is 14.0 Å². The zero-order valence-electron chi connectivity index (χ0n) is 35.4. The molecule has 1 radical (unpaired) electrons. The van der Waals surface area contributed by atoms with Crippen LogP contribution in [0.1, 0.15) is 55.6 Å². The van der Waals surface area contributed by atoms with Crippen molar-refractivity contribution in [1.29, 1.82) is 0 Å². The Morgan fingerprint density at radius 1 is 0.927 bits per heavy atom. The number of pyridine rings is 3. The average Bonchev–Trinajstić information content (AvgIpc) is 3.73. The van der Waals surface area contributed by atoms with Crippen LogP contribution in [0.3, 0.4) is 0 Å². The molecule has 0 aliphatic heterocycles. The molecule has 283 valence electrons. The van der Waals surface area contributed by atoms with E-state index in [4.69, 9.17) is 13.5 Å². The molecule has 55 heavy (non-hydrogen) atoms. The SMILES string of the molecule is Cc1ccc2c(n1)oc1n[c-]c(-c3nc4ccccc4n3C(C)(C)C)cc12.[2H]C([2H])([2H])c1c[c-]c(-c2cc(CC(C)C)[c]([Ge]([CH3])([CH3])[c]3ccccc3)cn2)c(F)c1.[Ir]. The van der Waals surface area contributed by atoms with E-state index in [-0.39, 0.29) is 36.8 Å². The van der Waals surface area contributed by atoms with Crippen molar-refractivity contribution in [3.8, 4) is 22.6 Å². The second-order valence-corrected chi connectivity index (χ2v) is 24.9. The van der Waals surface area contributed by atoms with Gasteiger partial charge in [0.1, 0.15) is 5.71 Å². The molecule has 5 heterocycles. The third-order valence-electron chi connectivity index (χ3n) is 9.69. The molecule has 6 nitrogen and oxygen atoms in total. The first-order chi connectivity index (χ1) is 26.9. The molecule has 0 fully saturated rings. The maximum Gasteiger partial charge on any atom is 0 e. The Hall–Kier alpha value is -4.50. The summed E-state index contributed by atoms with van der Waals surface area (Å²) in [6.45, 7) is 10.5. The van der Waals surface area contributed by atoms with Crippen molar-refractivity contribution >= 4 is 55.3 Å². The Labute approximate surface area is 343 Å². The van der Waals surface area contributed by atoms with Crippen molar-refractivity contribution in [2.45, 2.75) is 71.9 Å².